The summed E-state index contributed by atoms with van der Waals surface area (Å²) in [5.41, 5.74) is 1.35. The van der Waals surface area contributed by atoms with Crippen LogP contribution in [-0.4, -0.2) is 47.8 Å². The molecule has 0 unspecified atom stereocenters. The van der Waals surface area contributed by atoms with E-state index in [2.05, 4.69) is 70.7 Å². The normalized spacial score (nSPS) is 21.1. The summed E-state index contributed by atoms with van der Waals surface area (Å²) < 4.78 is 0. The SMILES string of the molecule is C[C@H]1C[C@H](C)CN(c2cc(N3CCCCCC3)nc(NC(=S)NCCCc3ccccc3)n2)C1. The summed E-state index contributed by atoms with van der Waals surface area (Å²) in [7, 11) is 0. The predicted octanol–water partition coefficient (Wildman–Crippen LogP) is 5.26. The van der Waals surface area contributed by atoms with Crippen LogP contribution in [0.2, 0.25) is 0 Å². The first-order valence-electron chi connectivity index (χ1n) is 13.0. The van der Waals surface area contributed by atoms with Crippen molar-refractivity contribution in [1.82, 2.24) is 15.3 Å². The van der Waals surface area contributed by atoms with Gasteiger partial charge in [0.25, 0.3) is 0 Å². The first-order valence-corrected chi connectivity index (χ1v) is 13.5. The molecule has 3 heterocycles. The van der Waals surface area contributed by atoms with Gasteiger partial charge in [-0.25, -0.2) is 0 Å². The van der Waals surface area contributed by atoms with Gasteiger partial charge in [0, 0.05) is 38.8 Å². The topological polar surface area (TPSA) is 56.3 Å². The molecule has 2 aliphatic heterocycles. The van der Waals surface area contributed by atoms with Gasteiger partial charge in [-0.3, -0.25) is 0 Å². The molecule has 0 radical (unpaired) electrons. The summed E-state index contributed by atoms with van der Waals surface area (Å²) in [5, 5.41) is 7.21. The molecule has 184 valence electrons. The highest BCUT2D eigenvalue weighted by Gasteiger charge is 2.24. The summed E-state index contributed by atoms with van der Waals surface area (Å²) in [6, 6.07) is 12.8. The second kappa shape index (κ2) is 12.3. The Morgan fingerprint density at radius 1 is 0.941 bits per heavy atom. The number of anilines is 3. The fourth-order valence-corrected chi connectivity index (χ4v) is 5.43. The monoisotopic (exact) mass is 480 g/mol. The van der Waals surface area contributed by atoms with Gasteiger partial charge in [0.05, 0.1) is 0 Å². The van der Waals surface area contributed by atoms with Crippen molar-refractivity contribution < 1.29 is 0 Å². The average Bonchev–Trinajstić information content (AvgIpc) is 3.11. The molecule has 2 N–H and O–H groups in total. The van der Waals surface area contributed by atoms with Gasteiger partial charge in [-0.05, 0) is 61.7 Å². The molecule has 0 bridgehead atoms. The van der Waals surface area contributed by atoms with Crippen LogP contribution in [0.15, 0.2) is 36.4 Å². The Labute approximate surface area is 210 Å². The highest BCUT2D eigenvalue weighted by atomic mass is 32.1. The van der Waals surface area contributed by atoms with E-state index in [1.165, 1.54) is 37.7 Å². The standard InChI is InChI=1S/C27H40N6S/c1-21-17-22(2)20-33(19-21)25-18-24(32-15-8-3-4-9-16-32)29-26(30-25)31-27(34)28-14-10-13-23-11-6-5-7-12-23/h5-7,11-12,18,21-22H,3-4,8-10,13-17,19-20H2,1-2H3,(H2,28,29,30,31,34)/t21-,22-/m0/s1. The summed E-state index contributed by atoms with van der Waals surface area (Å²) in [4.78, 5) is 14.7. The van der Waals surface area contributed by atoms with Crippen LogP contribution in [0, 0.1) is 11.8 Å². The largest absolute Gasteiger partial charge is 0.362 e. The van der Waals surface area contributed by atoms with Crippen LogP contribution in [0.3, 0.4) is 0 Å². The number of aromatic nitrogens is 2. The van der Waals surface area contributed by atoms with Crippen LogP contribution in [-0.2, 0) is 6.42 Å². The van der Waals surface area contributed by atoms with Gasteiger partial charge in [0.2, 0.25) is 5.95 Å². The molecule has 34 heavy (non-hydrogen) atoms. The highest BCUT2D eigenvalue weighted by molar-refractivity contribution is 7.80. The first-order chi connectivity index (χ1) is 16.6. The van der Waals surface area contributed by atoms with E-state index in [0.717, 1.165) is 57.2 Å². The third-order valence-corrected chi connectivity index (χ3v) is 7.06. The third kappa shape index (κ3) is 7.29. The van der Waals surface area contributed by atoms with E-state index in [4.69, 9.17) is 22.2 Å². The van der Waals surface area contributed by atoms with Crippen molar-refractivity contribution in [3.63, 3.8) is 0 Å². The van der Waals surface area contributed by atoms with Gasteiger partial charge in [0.15, 0.2) is 5.11 Å². The minimum Gasteiger partial charge on any atom is -0.362 e. The van der Waals surface area contributed by atoms with Crippen LogP contribution < -0.4 is 20.4 Å². The van der Waals surface area contributed by atoms with Crippen LogP contribution in [0.1, 0.15) is 57.9 Å². The van der Waals surface area contributed by atoms with E-state index in [1.807, 2.05) is 0 Å². The Morgan fingerprint density at radius 2 is 1.59 bits per heavy atom. The summed E-state index contributed by atoms with van der Waals surface area (Å²) >= 11 is 5.60. The van der Waals surface area contributed by atoms with Crippen LogP contribution in [0.5, 0.6) is 0 Å². The number of aryl methyl sites for hydroxylation is 1. The van der Waals surface area contributed by atoms with Gasteiger partial charge in [-0.15, -0.1) is 0 Å². The molecular formula is C27H40N6S. The lowest BCUT2D eigenvalue weighted by atomic mass is 9.92. The van der Waals surface area contributed by atoms with Gasteiger partial charge in [-0.2, -0.15) is 9.97 Å². The lowest BCUT2D eigenvalue weighted by molar-refractivity contribution is 0.355. The molecule has 2 fully saturated rings. The zero-order chi connectivity index (χ0) is 23.8. The molecule has 0 aliphatic carbocycles. The Bertz CT molecular complexity index is 903. The van der Waals surface area contributed by atoms with Crippen molar-refractivity contribution in [3.8, 4) is 0 Å². The molecule has 1 aromatic heterocycles. The van der Waals surface area contributed by atoms with Crippen molar-refractivity contribution in [2.45, 2.75) is 58.8 Å². The molecular weight excluding hydrogens is 440 g/mol. The summed E-state index contributed by atoms with van der Waals surface area (Å²) in [6.07, 6.45) is 8.39. The Hall–Kier alpha value is -2.41. The highest BCUT2D eigenvalue weighted by Crippen LogP contribution is 2.29. The van der Waals surface area contributed by atoms with E-state index in [-0.39, 0.29) is 0 Å². The smallest absolute Gasteiger partial charge is 0.232 e. The van der Waals surface area contributed by atoms with Crippen LogP contribution >= 0.6 is 12.2 Å². The fourth-order valence-electron chi connectivity index (χ4n) is 5.24. The van der Waals surface area contributed by atoms with Crippen LogP contribution in [0.4, 0.5) is 17.6 Å². The molecule has 2 atom stereocenters. The predicted molar refractivity (Wildman–Crippen MR) is 147 cm³/mol. The van der Waals surface area contributed by atoms with Gasteiger partial charge in [0.1, 0.15) is 11.6 Å². The van der Waals surface area contributed by atoms with Crippen molar-refractivity contribution in [2.24, 2.45) is 11.8 Å². The quantitative estimate of drug-likeness (QED) is 0.414. The van der Waals surface area contributed by atoms with E-state index >= 15 is 0 Å². The molecule has 4 rings (SSSR count). The molecule has 2 aromatic rings. The van der Waals surface area contributed by atoms with Crippen molar-refractivity contribution >= 4 is 34.9 Å². The molecule has 1 aromatic carbocycles. The summed E-state index contributed by atoms with van der Waals surface area (Å²) in [5.74, 6) is 3.98. The zero-order valence-corrected chi connectivity index (χ0v) is 21.6. The van der Waals surface area contributed by atoms with E-state index < -0.39 is 0 Å². The zero-order valence-electron chi connectivity index (χ0n) is 20.8. The van der Waals surface area contributed by atoms with Gasteiger partial charge in [-0.1, -0.05) is 57.0 Å². The summed E-state index contributed by atoms with van der Waals surface area (Å²) in [6.45, 7) is 9.71. The number of piperidine rings is 1. The lowest BCUT2D eigenvalue weighted by Crippen LogP contribution is -2.39. The molecule has 2 saturated heterocycles. The van der Waals surface area contributed by atoms with E-state index in [1.54, 1.807) is 0 Å². The second-order valence-electron chi connectivity index (χ2n) is 10.1. The van der Waals surface area contributed by atoms with Crippen LogP contribution in [0.25, 0.3) is 0 Å². The maximum absolute atomic E-state index is 5.60. The second-order valence-corrected chi connectivity index (χ2v) is 10.5. The van der Waals surface area contributed by atoms with Crippen molar-refractivity contribution in [1.29, 1.82) is 0 Å². The Morgan fingerprint density at radius 3 is 2.26 bits per heavy atom. The number of nitrogens with one attached hydrogen (secondary N) is 2. The first kappa shape index (κ1) is 24.7. The number of hydrogen-bond acceptors (Lipinski definition) is 5. The van der Waals surface area contributed by atoms with Gasteiger partial charge >= 0.3 is 0 Å². The van der Waals surface area contributed by atoms with E-state index in [0.29, 0.717) is 22.9 Å². The molecule has 2 aliphatic rings. The molecule has 7 heteroatoms. The third-order valence-electron chi connectivity index (χ3n) is 6.82. The maximum Gasteiger partial charge on any atom is 0.232 e. The average molecular weight is 481 g/mol. The van der Waals surface area contributed by atoms with E-state index in [9.17, 15) is 0 Å². The Kier molecular flexibility index (Phi) is 8.97. The van der Waals surface area contributed by atoms with Gasteiger partial charge < -0.3 is 20.4 Å². The fraction of sp³-hybridized carbons (Fsp3) is 0.593. The molecule has 0 amide bonds. The number of nitrogens with zero attached hydrogens (tertiary/aromatic N) is 4. The number of thiocarbonyl (C=S) groups is 1. The van der Waals surface area contributed by atoms with Crippen molar-refractivity contribution in [3.05, 3.63) is 42.0 Å². The maximum atomic E-state index is 5.60. The number of benzene rings is 1. The molecule has 6 nitrogen and oxygen atoms in total. The number of hydrogen-bond donors (Lipinski definition) is 2. The Balaban J connectivity index is 1.43. The molecule has 0 saturated carbocycles. The van der Waals surface area contributed by atoms with Crippen molar-refractivity contribution in [2.75, 3.05) is 47.8 Å². The minimum absolute atomic E-state index is 0.590. The molecule has 0 spiro atoms. The number of rotatable bonds is 7. The lowest BCUT2D eigenvalue weighted by Gasteiger charge is -2.36. The minimum atomic E-state index is 0.590.